The number of nitrogens with zero attached hydrogens (tertiary/aromatic N) is 1. The van der Waals surface area contributed by atoms with Crippen molar-refractivity contribution in [3.8, 4) is 11.5 Å². The Bertz CT molecular complexity index is 671. The second-order valence-electron chi connectivity index (χ2n) is 5.04. The molecule has 0 radical (unpaired) electrons. The van der Waals surface area contributed by atoms with Crippen LogP contribution < -0.4 is 14.8 Å². The second-order valence-corrected chi connectivity index (χ2v) is 5.45. The fourth-order valence-electron chi connectivity index (χ4n) is 2.11. The molecular weight excluding hydrogens is 316 g/mol. The van der Waals surface area contributed by atoms with Crippen LogP contribution in [-0.4, -0.2) is 30.6 Å². The number of carbonyl (C=O) groups excluding carboxylic acids is 1. The molecule has 1 N–H and O–H groups in total. The minimum Gasteiger partial charge on any atom is -0.493 e. The second kappa shape index (κ2) is 7.83. The van der Waals surface area contributed by atoms with Gasteiger partial charge in [-0.05, 0) is 32.0 Å². The number of hydrogen-bond acceptors (Lipinski definition) is 4. The van der Waals surface area contributed by atoms with Gasteiger partial charge >= 0.3 is 0 Å². The van der Waals surface area contributed by atoms with Gasteiger partial charge in [-0.3, -0.25) is 9.78 Å². The van der Waals surface area contributed by atoms with Gasteiger partial charge in [0, 0.05) is 6.20 Å². The number of para-hydroxylation sites is 2. The van der Waals surface area contributed by atoms with E-state index in [-0.39, 0.29) is 12.0 Å². The number of pyridine rings is 1. The lowest BCUT2D eigenvalue weighted by Gasteiger charge is -2.17. The van der Waals surface area contributed by atoms with E-state index in [4.69, 9.17) is 21.1 Å². The Kier molecular flexibility index (Phi) is 5.82. The summed E-state index contributed by atoms with van der Waals surface area (Å²) >= 11 is 6.06. The van der Waals surface area contributed by atoms with Crippen LogP contribution >= 0.6 is 11.6 Å². The van der Waals surface area contributed by atoms with Crippen LogP contribution in [0.5, 0.6) is 11.5 Å². The maximum atomic E-state index is 12.3. The molecule has 1 atom stereocenters. The Labute approximate surface area is 140 Å². The van der Waals surface area contributed by atoms with Crippen LogP contribution in [0.4, 0.5) is 0 Å². The van der Waals surface area contributed by atoms with E-state index in [1.165, 1.54) is 0 Å². The van der Waals surface area contributed by atoms with Crippen molar-refractivity contribution in [3.63, 3.8) is 0 Å². The number of aromatic nitrogens is 1. The zero-order valence-electron chi connectivity index (χ0n) is 13.3. The van der Waals surface area contributed by atoms with Gasteiger partial charge in [-0.25, -0.2) is 0 Å². The number of nitrogens with one attached hydrogen (secondary N) is 1. The van der Waals surface area contributed by atoms with Gasteiger partial charge in [0.05, 0.1) is 29.9 Å². The van der Waals surface area contributed by atoms with Gasteiger partial charge in [0.1, 0.15) is 6.10 Å². The molecule has 0 aliphatic rings. The summed E-state index contributed by atoms with van der Waals surface area (Å²) in [6.45, 7) is 3.95. The fraction of sp³-hybridized carbons (Fsp3) is 0.294. The molecule has 0 spiro atoms. The third-order valence-corrected chi connectivity index (χ3v) is 3.58. The molecule has 0 aliphatic carbocycles. The minimum atomic E-state index is -0.268. The Morgan fingerprint density at radius 1 is 1.30 bits per heavy atom. The van der Waals surface area contributed by atoms with Gasteiger partial charge in [0.15, 0.2) is 11.5 Å². The van der Waals surface area contributed by atoms with E-state index in [1.54, 1.807) is 26.3 Å². The molecule has 0 bridgehead atoms. The predicted octanol–water partition coefficient (Wildman–Crippen LogP) is 3.25. The van der Waals surface area contributed by atoms with Gasteiger partial charge < -0.3 is 14.8 Å². The molecule has 23 heavy (non-hydrogen) atoms. The lowest BCUT2D eigenvalue weighted by atomic mass is 10.2. The first-order valence-electron chi connectivity index (χ1n) is 7.22. The van der Waals surface area contributed by atoms with Crippen LogP contribution in [0.25, 0.3) is 0 Å². The predicted molar refractivity (Wildman–Crippen MR) is 89.4 cm³/mol. The number of benzene rings is 1. The topological polar surface area (TPSA) is 60.5 Å². The summed E-state index contributed by atoms with van der Waals surface area (Å²) in [6, 6.07) is 8.96. The van der Waals surface area contributed by atoms with E-state index in [0.29, 0.717) is 34.3 Å². The standard InChI is InChI=1S/C17H19ClN2O3/c1-11(23-15-7-5-4-6-14(15)22-3)10-20-17(21)16-12(2)19-9-8-13(16)18/h4-9,11H,10H2,1-3H3,(H,20,21). The summed E-state index contributed by atoms with van der Waals surface area (Å²) in [5.41, 5.74) is 0.979. The van der Waals surface area contributed by atoms with Crippen LogP contribution in [0.3, 0.4) is 0 Å². The van der Waals surface area contributed by atoms with E-state index >= 15 is 0 Å². The summed E-state index contributed by atoms with van der Waals surface area (Å²) < 4.78 is 11.0. The Hall–Kier alpha value is -2.27. The molecule has 6 heteroatoms. The van der Waals surface area contributed by atoms with Crippen molar-refractivity contribution < 1.29 is 14.3 Å². The highest BCUT2D eigenvalue weighted by Gasteiger charge is 2.16. The molecule has 0 fully saturated rings. The number of methoxy groups -OCH3 is 1. The van der Waals surface area contributed by atoms with Crippen LogP contribution in [0.15, 0.2) is 36.5 Å². The number of halogens is 1. The zero-order chi connectivity index (χ0) is 16.8. The van der Waals surface area contributed by atoms with Crippen LogP contribution in [0, 0.1) is 6.92 Å². The molecule has 1 aromatic carbocycles. The third-order valence-electron chi connectivity index (χ3n) is 3.26. The van der Waals surface area contributed by atoms with Crippen molar-refractivity contribution in [2.24, 2.45) is 0 Å². The largest absolute Gasteiger partial charge is 0.493 e. The molecule has 1 amide bonds. The highest BCUT2D eigenvalue weighted by atomic mass is 35.5. The van der Waals surface area contributed by atoms with Crippen molar-refractivity contribution in [2.45, 2.75) is 20.0 Å². The summed E-state index contributed by atoms with van der Waals surface area (Å²) in [5, 5.41) is 3.19. The molecule has 2 aromatic rings. The zero-order valence-corrected chi connectivity index (χ0v) is 14.1. The van der Waals surface area contributed by atoms with Gasteiger partial charge in [-0.1, -0.05) is 23.7 Å². The summed E-state index contributed by atoms with van der Waals surface area (Å²) in [7, 11) is 1.59. The lowest BCUT2D eigenvalue weighted by Crippen LogP contribution is -2.34. The molecule has 1 heterocycles. The van der Waals surface area contributed by atoms with Crippen LogP contribution in [-0.2, 0) is 0 Å². The van der Waals surface area contributed by atoms with Gasteiger partial charge in [-0.2, -0.15) is 0 Å². The van der Waals surface area contributed by atoms with Gasteiger partial charge in [-0.15, -0.1) is 0 Å². The van der Waals surface area contributed by atoms with Crippen LogP contribution in [0.1, 0.15) is 23.0 Å². The first-order valence-corrected chi connectivity index (χ1v) is 7.59. The maximum Gasteiger partial charge on any atom is 0.254 e. The fourth-order valence-corrected chi connectivity index (χ4v) is 2.39. The number of amides is 1. The normalized spacial score (nSPS) is 11.7. The van der Waals surface area contributed by atoms with E-state index in [0.717, 1.165) is 0 Å². The highest BCUT2D eigenvalue weighted by Crippen LogP contribution is 2.26. The monoisotopic (exact) mass is 334 g/mol. The number of hydrogen-bond donors (Lipinski definition) is 1. The number of ether oxygens (including phenoxy) is 2. The molecule has 0 aliphatic heterocycles. The first kappa shape index (κ1) is 17.1. The number of rotatable bonds is 6. The molecule has 1 unspecified atom stereocenters. The molecule has 2 rings (SSSR count). The SMILES string of the molecule is COc1ccccc1OC(C)CNC(=O)c1c(Cl)ccnc1C. The molecule has 122 valence electrons. The van der Waals surface area contributed by atoms with E-state index < -0.39 is 0 Å². The van der Waals surface area contributed by atoms with Crippen molar-refractivity contribution in [2.75, 3.05) is 13.7 Å². The maximum absolute atomic E-state index is 12.3. The summed E-state index contributed by atoms with van der Waals surface area (Å²) in [4.78, 5) is 16.3. The van der Waals surface area contributed by atoms with Crippen LogP contribution in [0.2, 0.25) is 5.02 Å². The molecule has 0 saturated carbocycles. The van der Waals surface area contributed by atoms with E-state index in [2.05, 4.69) is 10.3 Å². The summed E-state index contributed by atoms with van der Waals surface area (Å²) in [5.74, 6) is 1.01. The third kappa shape index (κ3) is 4.36. The van der Waals surface area contributed by atoms with Crippen molar-refractivity contribution >= 4 is 17.5 Å². The van der Waals surface area contributed by atoms with E-state index in [9.17, 15) is 4.79 Å². The Balaban J connectivity index is 1.96. The van der Waals surface area contributed by atoms with Gasteiger partial charge in [0.25, 0.3) is 5.91 Å². The lowest BCUT2D eigenvalue weighted by molar-refractivity contribution is 0.0930. The smallest absolute Gasteiger partial charge is 0.254 e. The van der Waals surface area contributed by atoms with E-state index in [1.807, 2.05) is 31.2 Å². The number of carbonyl (C=O) groups is 1. The van der Waals surface area contributed by atoms with Crippen molar-refractivity contribution in [1.82, 2.24) is 10.3 Å². The van der Waals surface area contributed by atoms with Crippen molar-refractivity contribution in [1.29, 1.82) is 0 Å². The number of aryl methyl sites for hydroxylation is 1. The van der Waals surface area contributed by atoms with Crippen molar-refractivity contribution in [3.05, 3.63) is 52.8 Å². The highest BCUT2D eigenvalue weighted by molar-refractivity contribution is 6.33. The average molecular weight is 335 g/mol. The quantitative estimate of drug-likeness (QED) is 0.881. The average Bonchev–Trinajstić information content (AvgIpc) is 2.53. The first-order chi connectivity index (χ1) is 11.0. The Morgan fingerprint density at radius 3 is 2.65 bits per heavy atom. The molecular formula is C17H19ClN2O3. The molecule has 0 saturated heterocycles. The summed E-state index contributed by atoms with van der Waals surface area (Å²) in [6.07, 6.45) is 1.34. The van der Waals surface area contributed by atoms with Gasteiger partial charge in [0.2, 0.25) is 0 Å². The Morgan fingerprint density at radius 2 is 2.00 bits per heavy atom. The minimum absolute atomic E-state index is 0.231. The molecule has 1 aromatic heterocycles. The molecule has 5 nitrogen and oxygen atoms in total.